The molecule has 0 N–H and O–H groups in total. The van der Waals surface area contributed by atoms with Crippen molar-refractivity contribution in [1.82, 2.24) is 4.90 Å². The predicted molar refractivity (Wildman–Crippen MR) is 150 cm³/mol. The highest BCUT2D eigenvalue weighted by molar-refractivity contribution is 5.94. The lowest BCUT2D eigenvalue weighted by atomic mass is 9.76. The van der Waals surface area contributed by atoms with Crippen LogP contribution in [0.3, 0.4) is 0 Å². The Labute approximate surface area is 226 Å². The van der Waals surface area contributed by atoms with Gasteiger partial charge in [0, 0.05) is 18.0 Å². The minimum absolute atomic E-state index is 0.0134. The summed E-state index contributed by atoms with van der Waals surface area (Å²) in [5, 5.41) is 0. The van der Waals surface area contributed by atoms with E-state index in [1.807, 2.05) is 6.07 Å². The van der Waals surface area contributed by atoms with E-state index < -0.39 is 0 Å². The van der Waals surface area contributed by atoms with Crippen molar-refractivity contribution in [3.8, 4) is 23.0 Å². The number of piperidine rings is 1. The number of carbonyl (C=O) groups excluding carboxylic acids is 1. The second-order valence-electron chi connectivity index (χ2n) is 9.83. The minimum atomic E-state index is 0.0134. The Hall–Kier alpha value is -3.51. The van der Waals surface area contributed by atoms with Crippen LogP contribution in [0, 0.1) is 5.92 Å². The van der Waals surface area contributed by atoms with Crippen LogP contribution >= 0.6 is 0 Å². The lowest BCUT2D eigenvalue weighted by molar-refractivity contribution is 0.101. The van der Waals surface area contributed by atoms with Gasteiger partial charge in [-0.2, -0.15) is 0 Å². The summed E-state index contributed by atoms with van der Waals surface area (Å²) in [5.74, 6) is 3.95. The number of likely N-dealkylation sites (tertiary alicyclic amines) is 1. The van der Waals surface area contributed by atoms with Gasteiger partial charge in [0.25, 0.3) is 0 Å². The largest absolute Gasteiger partial charge is 0.497 e. The van der Waals surface area contributed by atoms with Crippen molar-refractivity contribution in [2.45, 2.75) is 32.1 Å². The van der Waals surface area contributed by atoms with Crippen molar-refractivity contribution in [1.29, 1.82) is 0 Å². The van der Waals surface area contributed by atoms with Gasteiger partial charge in [0.15, 0.2) is 17.3 Å². The maximum absolute atomic E-state index is 11.6. The number of methoxy groups -OCH3 is 3. The Morgan fingerprint density at radius 2 is 1.39 bits per heavy atom. The number of rotatable bonds is 12. The third-order valence-corrected chi connectivity index (χ3v) is 7.50. The molecule has 6 heteroatoms. The molecule has 1 heterocycles. The Balaban J connectivity index is 1.33. The summed E-state index contributed by atoms with van der Waals surface area (Å²) in [5.41, 5.74) is 3.28. The molecule has 1 fully saturated rings. The fourth-order valence-corrected chi connectivity index (χ4v) is 5.35. The molecule has 3 aromatic rings. The van der Waals surface area contributed by atoms with Gasteiger partial charge in [-0.3, -0.25) is 4.79 Å². The molecule has 0 amide bonds. The Bertz CT molecular complexity index is 1120. The van der Waals surface area contributed by atoms with E-state index in [2.05, 4.69) is 53.4 Å². The van der Waals surface area contributed by atoms with Crippen LogP contribution in [0.15, 0.2) is 66.7 Å². The van der Waals surface area contributed by atoms with Gasteiger partial charge in [-0.1, -0.05) is 24.3 Å². The van der Waals surface area contributed by atoms with Crippen molar-refractivity contribution < 1.29 is 23.7 Å². The van der Waals surface area contributed by atoms with Crippen LogP contribution in [0.4, 0.5) is 0 Å². The zero-order chi connectivity index (χ0) is 26.9. The maximum atomic E-state index is 11.6. The summed E-state index contributed by atoms with van der Waals surface area (Å²) < 4.78 is 22.2. The van der Waals surface area contributed by atoms with E-state index in [1.165, 1.54) is 11.1 Å². The minimum Gasteiger partial charge on any atom is -0.497 e. The molecule has 0 bridgehead atoms. The molecule has 0 aliphatic carbocycles. The first-order chi connectivity index (χ1) is 18.5. The highest BCUT2D eigenvalue weighted by Gasteiger charge is 2.29. The van der Waals surface area contributed by atoms with Gasteiger partial charge >= 0.3 is 0 Å². The number of hydrogen-bond donors (Lipinski definition) is 0. The van der Waals surface area contributed by atoms with Gasteiger partial charge in [-0.15, -0.1) is 0 Å². The second kappa shape index (κ2) is 13.3. The molecule has 1 aliphatic rings. The fraction of sp³-hybridized carbons (Fsp3) is 0.406. The highest BCUT2D eigenvalue weighted by atomic mass is 16.5. The molecular weight excluding hydrogens is 478 g/mol. The molecule has 38 heavy (non-hydrogen) atoms. The summed E-state index contributed by atoms with van der Waals surface area (Å²) in [6.45, 7) is 5.30. The molecule has 3 aromatic carbocycles. The summed E-state index contributed by atoms with van der Waals surface area (Å²) in [6.07, 6.45) is 3.22. The number of hydrogen-bond acceptors (Lipinski definition) is 6. The van der Waals surface area contributed by atoms with E-state index in [0.29, 0.717) is 35.5 Å². The van der Waals surface area contributed by atoms with Crippen molar-refractivity contribution in [3.63, 3.8) is 0 Å². The molecule has 0 radical (unpaired) electrons. The number of ketones is 1. The summed E-state index contributed by atoms with van der Waals surface area (Å²) >= 11 is 0. The zero-order valence-corrected chi connectivity index (χ0v) is 22.9. The van der Waals surface area contributed by atoms with Crippen LogP contribution in [-0.2, 0) is 0 Å². The first-order valence-electron chi connectivity index (χ1n) is 13.3. The van der Waals surface area contributed by atoms with E-state index in [4.69, 9.17) is 18.9 Å². The van der Waals surface area contributed by atoms with Crippen molar-refractivity contribution >= 4 is 5.78 Å². The summed E-state index contributed by atoms with van der Waals surface area (Å²) in [7, 11) is 5.01. The topological polar surface area (TPSA) is 57.2 Å². The normalized spacial score (nSPS) is 14.3. The lowest BCUT2D eigenvalue weighted by Gasteiger charge is -2.36. The quantitative estimate of drug-likeness (QED) is 0.210. The molecule has 202 valence electrons. The smallest absolute Gasteiger partial charge is 0.161 e. The molecular formula is C32H39NO5. The monoisotopic (exact) mass is 517 g/mol. The zero-order valence-electron chi connectivity index (χ0n) is 22.9. The Morgan fingerprint density at radius 3 is 1.89 bits per heavy atom. The van der Waals surface area contributed by atoms with Crippen LogP contribution in [0.25, 0.3) is 0 Å². The fourth-order valence-electron chi connectivity index (χ4n) is 5.35. The average molecular weight is 518 g/mol. The highest BCUT2D eigenvalue weighted by Crippen LogP contribution is 2.39. The standard InChI is InChI=1S/C32H39NO5/c1-23(34)27-10-15-30(31(22-27)37-4)38-21-5-18-33-19-16-26(17-20-33)32(24-6-11-28(35-2)12-7-24)25-8-13-29(36-3)14-9-25/h6-15,22,26,32H,5,16-21H2,1-4H3. The summed E-state index contributed by atoms with van der Waals surface area (Å²) in [6, 6.07) is 22.4. The predicted octanol–water partition coefficient (Wildman–Crippen LogP) is 6.23. The van der Waals surface area contributed by atoms with E-state index in [9.17, 15) is 4.79 Å². The van der Waals surface area contributed by atoms with Crippen molar-refractivity contribution in [3.05, 3.63) is 83.4 Å². The third kappa shape index (κ3) is 6.87. The van der Waals surface area contributed by atoms with Gasteiger partial charge in [-0.25, -0.2) is 0 Å². The summed E-state index contributed by atoms with van der Waals surface area (Å²) in [4.78, 5) is 14.2. The molecule has 0 spiro atoms. The first kappa shape index (κ1) is 27.5. The number of nitrogens with zero attached hydrogens (tertiary/aromatic N) is 1. The second-order valence-corrected chi connectivity index (χ2v) is 9.83. The molecule has 0 unspecified atom stereocenters. The van der Waals surface area contributed by atoms with Crippen molar-refractivity contribution in [2.75, 3.05) is 47.6 Å². The maximum Gasteiger partial charge on any atom is 0.161 e. The number of benzene rings is 3. The lowest BCUT2D eigenvalue weighted by Crippen LogP contribution is -2.36. The molecule has 4 rings (SSSR count). The molecule has 1 saturated heterocycles. The SMILES string of the molecule is COc1ccc(C(c2ccc(OC)cc2)C2CCN(CCCOc3ccc(C(C)=O)cc3OC)CC2)cc1. The van der Waals surface area contributed by atoms with Gasteiger partial charge in [-0.05, 0) is 98.8 Å². The first-order valence-corrected chi connectivity index (χ1v) is 13.3. The number of ether oxygens (including phenoxy) is 4. The van der Waals surface area contributed by atoms with Gasteiger partial charge in [0.05, 0.1) is 27.9 Å². The Kier molecular flexibility index (Phi) is 9.66. The van der Waals surface area contributed by atoms with Gasteiger partial charge < -0.3 is 23.8 Å². The number of Topliss-reactive ketones (excluding diaryl/α,β-unsaturated/α-hetero) is 1. The van der Waals surface area contributed by atoms with E-state index in [1.54, 1.807) is 40.4 Å². The number of carbonyl (C=O) groups is 1. The van der Waals surface area contributed by atoms with E-state index in [0.717, 1.165) is 50.4 Å². The van der Waals surface area contributed by atoms with E-state index >= 15 is 0 Å². The van der Waals surface area contributed by atoms with Crippen LogP contribution < -0.4 is 18.9 Å². The molecule has 6 nitrogen and oxygen atoms in total. The van der Waals surface area contributed by atoms with Crippen LogP contribution in [0.2, 0.25) is 0 Å². The van der Waals surface area contributed by atoms with Gasteiger partial charge in [0.2, 0.25) is 0 Å². The molecule has 0 aromatic heterocycles. The average Bonchev–Trinajstić information content (AvgIpc) is 2.97. The van der Waals surface area contributed by atoms with Crippen LogP contribution in [0.5, 0.6) is 23.0 Å². The third-order valence-electron chi connectivity index (χ3n) is 7.50. The van der Waals surface area contributed by atoms with E-state index in [-0.39, 0.29) is 5.78 Å². The molecule has 0 atom stereocenters. The molecule has 1 aliphatic heterocycles. The van der Waals surface area contributed by atoms with Gasteiger partial charge in [0.1, 0.15) is 11.5 Å². The Morgan fingerprint density at radius 1 is 0.816 bits per heavy atom. The van der Waals surface area contributed by atoms with Crippen molar-refractivity contribution in [2.24, 2.45) is 5.92 Å². The molecule has 0 saturated carbocycles. The van der Waals surface area contributed by atoms with Crippen LogP contribution in [0.1, 0.15) is 53.6 Å². The van der Waals surface area contributed by atoms with Crippen LogP contribution in [-0.4, -0.2) is 58.3 Å².